The van der Waals surface area contributed by atoms with Crippen LogP contribution in [-0.2, 0) is 6.42 Å². The molecule has 0 heteroatoms. The topological polar surface area (TPSA) is 0 Å². The molecule has 0 radical (unpaired) electrons. The van der Waals surface area contributed by atoms with Gasteiger partial charge in [0.2, 0.25) is 0 Å². The van der Waals surface area contributed by atoms with Crippen LogP contribution < -0.4 is 0 Å². The molecule has 2 aromatic rings. The normalized spacial score (nSPS) is 13.9. The molecule has 0 heterocycles. The van der Waals surface area contributed by atoms with Crippen molar-refractivity contribution in [2.75, 3.05) is 0 Å². The van der Waals surface area contributed by atoms with Gasteiger partial charge in [-0.3, -0.25) is 0 Å². The van der Waals surface area contributed by atoms with Crippen molar-refractivity contribution in [2.24, 2.45) is 0 Å². The van der Waals surface area contributed by atoms with Crippen LogP contribution in [0.4, 0.5) is 0 Å². The molecule has 0 N–H and O–H groups in total. The van der Waals surface area contributed by atoms with Crippen molar-refractivity contribution in [1.82, 2.24) is 0 Å². The lowest BCUT2D eigenvalue weighted by Gasteiger charge is -2.17. The fourth-order valence-corrected chi connectivity index (χ4v) is 3.00. The van der Waals surface area contributed by atoms with Crippen molar-refractivity contribution in [2.45, 2.75) is 53.4 Å². The van der Waals surface area contributed by atoms with Gasteiger partial charge < -0.3 is 0 Å². The largest absolute Gasteiger partial charge is 0.0881 e. The Kier molecular flexibility index (Phi) is 6.61. The second kappa shape index (κ2) is 8.68. The van der Waals surface area contributed by atoms with E-state index >= 15 is 0 Å². The molecule has 2 aromatic carbocycles. The molecule has 0 saturated carbocycles. The highest BCUT2D eigenvalue weighted by Crippen LogP contribution is 2.29. The molecule has 1 unspecified atom stereocenters. The Labute approximate surface area is 147 Å². The van der Waals surface area contributed by atoms with Crippen LogP contribution in [0.15, 0.2) is 71.8 Å². The molecular formula is C24H30. The number of allylic oxidation sites excluding steroid dienone is 4. The number of aryl methyl sites for hydroxylation is 2. The van der Waals surface area contributed by atoms with Crippen LogP contribution in [0.25, 0.3) is 0 Å². The van der Waals surface area contributed by atoms with Gasteiger partial charge in [-0.05, 0) is 58.6 Å². The SMILES string of the molecule is CC=C(C)C(CC=C(C)Cc1ccc(C)cc1)c1ccc(C)cc1. The Morgan fingerprint density at radius 2 is 1.42 bits per heavy atom. The lowest BCUT2D eigenvalue weighted by Crippen LogP contribution is -2.00. The first-order chi connectivity index (χ1) is 11.5. The van der Waals surface area contributed by atoms with E-state index in [1.807, 2.05) is 0 Å². The van der Waals surface area contributed by atoms with E-state index in [2.05, 4.69) is 95.3 Å². The molecule has 126 valence electrons. The molecule has 0 aromatic heterocycles. The third kappa shape index (κ3) is 5.23. The van der Waals surface area contributed by atoms with Gasteiger partial charge in [0.1, 0.15) is 0 Å². The molecule has 0 fully saturated rings. The minimum Gasteiger partial charge on any atom is -0.0881 e. The van der Waals surface area contributed by atoms with Crippen LogP contribution in [0.3, 0.4) is 0 Å². The molecule has 1 atom stereocenters. The van der Waals surface area contributed by atoms with Gasteiger partial charge in [-0.25, -0.2) is 0 Å². The Morgan fingerprint density at radius 3 is 1.96 bits per heavy atom. The van der Waals surface area contributed by atoms with Gasteiger partial charge in [0.25, 0.3) is 0 Å². The van der Waals surface area contributed by atoms with Gasteiger partial charge in [-0.2, -0.15) is 0 Å². The van der Waals surface area contributed by atoms with E-state index in [1.54, 1.807) is 0 Å². The van der Waals surface area contributed by atoms with Gasteiger partial charge >= 0.3 is 0 Å². The number of rotatable bonds is 6. The van der Waals surface area contributed by atoms with Crippen molar-refractivity contribution in [1.29, 1.82) is 0 Å². The summed E-state index contributed by atoms with van der Waals surface area (Å²) < 4.78 is 0. The highest BCUT2D eigenvalue weighted by Gasteiger charge is 2.12. The second-order valence-corrected chi connectivity index (χ2v) is 6.94. The zero-order valence-electron chi connectivity index (χ0n) is 15.8. The Bertz CT molecular complexity index is 697. The summed E-state index contributed by atoms with van der Waals surface area (Å²) >= 11 is 0. The van der Waals surface area contributed by atoms with Crippen molar-refractivity contribution in [3.63, 3.8) is 0 Å². The third-order valence-corrected chi connectivity index (χ3v) is 4.79. The van der Waals surface area contributed by atoms with Gasteiger partial charge in [0.15, 0.2) is 0 Å². The van der Waals surface area contributed by atoms with E-state index in [1.165, 1.54) is 33.4 Å². The Hall–Kier alpha value is -2.08. The monoisotopic (exact) mass is 318 g/mol. The minimum absolute atomic E-state index is 0.476. The predicted octanol–water partition coefficient (Wildman–Crippen LogP) is 6.93. The zero-order valence-corrected chi connectivity index (χ0v) is 15.8. The molecular weight excluding hydrogens is 288 g/mol. The van der Waals surface area contributed by atoms with Crippen molar-refractivity contribution in [3.8, 4) is 0 Å². The standard InChI is InChI=1S/C24H30/c1-6-21(5)24(23-14-9-19(3)10-15-23)16-11-20(4)17-22-12-7-18(2)8-13-22/h6-15,24H,16-17H2,1-5H3. The minimum atomic E-state index is 0.476. The first-order valence-corrected chi connectivity index (χ1v) is 8.90. The maximum atomic E-state index is 2.41. The maximum Gasteiger partial charge on any atom is 0.00798 e. The summed E-state index contributed by atoms with van der Waals surface area (Å²) in [5.41, 5.74) is 8.34. The van der Waals surface area contributed by atoms with Gasteiger partial charge in [-0.15, -0.1) is 0 Å². The van der Waals surface area contributed by atoms with Gasteiger partial charge in [0.05, 0.1) is 0 Å². The van der Waals surface area contributed by atoms with E-state index in [0.717, 1.165) is 12.8 Å². The van der Waals surface area contributed by atoms with E-state index < -0.39 is 0 Å². The van der Waals surface area contributed by atoms with Crippen molar-refractivity contribution >= 4 is 0 Å². The van der Waals surface area contributed by atoms with Gasteiger partial charge in [0, 0.05) is 5.92 Å². The summed E-state index contributed by atoms with van der Waals surface area (Å²) in [6.45, 7) is 10.9. The average molecular weight is 319 g/mol. The third-order valence-electron chi connectivity index (χ3n) is 4.79. The summed E-state index contributed by atoms with van der Waals surface area (Å²) in [6, 6.07) is 17.8. The van der Waals surface area contributed by atoms with Crippen molar-refractivity contribution < 1.29 is 0 Å². The smallest absolute Gasteiger partial charge is 0.00798 e. The van der Waals surface area contributed by atoms with Crippen LogP contribution in [0.1, 0.15) is 55.4 Å². The number of hydrogen-bond acceptors (Lipinski definition) is 0. The molecule has 0 aliphatic carbocycles. The molecule has 0 aliphatic heterocycles. The van der Waals surface area contributed by atoms with E-state index in [4.69, 9.17) is 0 Å². The summed E-state index contributed by atoms with van der Waals surface area (Å²) in [6.07, 6.45) is 6.76. The second-order valence-electron chi connectivity index (χ2n) is 6.94. The molecule has 0 bridgehead atoms. The fraction of sp³-hybridized carbons (Fsp3) is 0.333. The Balaban J connectivity index is 2.11. The lowest BCUT2D eigenvalue weighted by molar-refractivity contribution is 0.798. The molecule has 24 heavy (non-hydrogen) atoms. The predicted molar refractivity (Wildman–Crippen MR) is 107 cm³/mol. The zero-order chi connectivity index (χ0) is 17.5. The summed E-state index contributed by atoms with van der Waals surface area (Å²) in [5.74, 6) is 0.476. The molecule has 0 nitrogen and oxygen atoms in total. The Morgan fingerprint density at radius 1 is 0.875 bits per heavy atom. The molecule has 0 spiro atoms. The highest BCUT2D eigenvalue weighted by atomic mass is 14.2. The number of benzene rings is 2. The van der Waals surface area contributed by atoms with Crippen LogP contribution >= 0.6 is 0 Å². The van der Waals surface area contributed by atoms with Crippen LogP contribution in [-0.4, -0.2) is 0 Å². The highest BCUT2D eigenvalue weighted by molar-refractivity contribution is 5.32. The first-order valence-electron chi connectivity index (χ1n) is 8.90. The van der Waals surface area contributed by atoms with E-state index in [-0.39, 0.29) is 0 Å². The lowest BCUT2D eigenvalue weighted by atomic mass is 9.87. The molecule has 0 saturated heterocycles. The van der Waals surface area contributed by atoms with Crippen LogP contribution in [0, 0.1) is 13.8 Å². The summed E-state index contributed by atoms with van der Waals surface area (Å²) in [4.78, 5) is 0. The average Bonchev–Trinajstić information content (AvgIpc) is 2.58. The summed E-state index contributed by atoms with van der Waals surface area (Å²) in [5, 5.41) is 0. The fourth-order valence-electron chi connectivity index (χ4n) is 3.00. The van der Waals surface area contributed by atoms with E-state index in [9.17, 15) is 0 Å². The van der Waals surface area contributed by atoms with Crippen molar-refractivity contribution in [3.05, 3.63) is 94.1 Å². The van der Waals surface area contributed by atoms with Gasteiger partial charge in [-0.1, -0.05) is 83.0 Å². The van der Waals surface area contributed by atoms with Crippen LogP contribution in [0.2, 0.25) is 0 Å². The quantitative estimate of drug-likeness (QED) is 0.506. The molecule has 0 aliphatic rings. The molecule has 2 rings (SSSR count). The van der Waals surface area contributed by atoms with Crippen LogP contribution in [0.5, 0.6) is 0 Å². The van der Waals surface area contributed by atoms with E-state index in [0.29, 0.717) is 5.92 Å². The number of hydrogen-bond donors (Lipinski definition) is 0. The summed E-state index contributed by atoms with van der Waals surface area (Å²) in [7, 11) is 0. The first kappa shape index (κ1) is 18.3. The maximum absolute atomic E-state index is 2.41. The molecule has 0 amide bonds.